The van der Waals surface area contributed by atoms with E-state index in [0.29, 0.717) is 6.67 Å². The molecule has 0 atom stereocenters. The van der Waals surface area contributed by atoms with E-state index in [2.05, 4.69) is 63.8 Å². The highest BCUT2D eigenvalue weighted by Crippen LogP contribution is 2.38. The maximum atomic E-state index is 5.45. The normalized spacial score (nSPS) is 21.4. The number of hydrogen-bond donors (Lipinski definition) is 0. The Balaban J connectivity index is 1.42. The van der Waals surface area contributed by atoms with Gasteiger partial charge in [0.1, 0.15) is 18.2 Å². The highest BCUT2D eigenvalue weighted by molar-refractivity contribution is 5.82. The minimum atomic E-state index is 0.696. The quantitative estimate of drug-likeness (QED) is 0.765. The Morgan fingerprint density at radius 2 is 1.77 bits per heavy atom. The number of allylic oxidation sites excluding steroid dienone is 1. The summed E-state index contributed by atoms with van der Waals surface area (Å²) in [7, 11) is 1.71. The van der Waals surface area contributed by atoms with E-state index >= 15 is 0 Å². The van der Waals surface area contributed by atoms with Crippen LogP contribution in [0.2, 0.25) is 0 Å². The first kappa shape index (κ1) is 19.1. The van der Waals surface area contributed by atoms with Gasteiger partial charge in [0.25, 0.3) is 0 Å². The summed E-state index contributed by atoms with van der Waals surface area (Å²) < 4.78 is 0. The number of piperazine rings is 1. The summed E-state index contributed by atoms with van der Waals surface area (Å²) in [4.78, 5) is 20.2. The third-order valence-corrected chi connectivity index (χ3v) is 6.35. The lowest BCUT2D eigenvalue weighted by Crippen LogP contribution is -2.49. The molecule has 0 radical (unpaired) electrons. The summed E-state index contributed by atoms with van der Waals surface area (Å²) in [5, 5.41) is 1.86. The molecule has 0 amide bonds. The predicted octanol–water partition coefficient (Wildman–Crippen LogP) is 2.65. The summed E-state index contributed by atoms with van der Waals surface area (Å²) in [6.45, 7) is 11.1. The van der Waals surface area contributed by atoms with Gasteiger partial charge in [0.05, 0.1) is 30.9 Å². The summed E-state index contributed by atoms with van der Waals surface area (Å²) in [6.07, 6.45) is 4.00. The third-order valence-electron chi connectivity index (χ3n) is 6.35. The lowest BCUT2D eigenvalue weighted by molar-refractivity contribution is -0.0971. The van der Waals surface area contributed by atoms with Crippen LogP contribution < -0.4 is 4.90 Å². The average molecular weight is 407 g/mol. The van der Waals surface area contributed by atoms with Crippen LogP contribution in [0.25, 0.3) is 0 Å². The molecule has 5 rings (SSSR count). The molecule has 4 aliphatic heterocycles. The van der Waals surface area contributed by atoms with Gasteiger partial charge in [-0.2, -0.15) is 0 Å². The third kappa shape index (κ3) is 3.13. The van der Waals surface area contributed by atoms with Gasteiger partial charge in [-0.1, -0.05) is 18.2 Å². The molecule has 1 aromatic rings. The fourth-order valence-electron chi connectivity index (χ4n) is 4.83. The van der Waals surface area contributed by atoms with Gasteiger partial charge in [-0.05, 0) is 31.6 Å². The molecule has 0 aliphatic carbocycles. The van der Waals surface area contributed by atoms with Crippen molar-refractivity contribution in [3.8, 4) is 0 Å². The molecule has 0 N–H and O–H groups in total. The fraction of sp³-hybridized carbons (Fsp3) is 0.435. The minimum absolute atomic E-state index is 0.696. The molecular formula is C23H30N6O. The van der Waals surface area contributed by atoms with Crippen molar-refractivity contribution in [2.75, 3.05) is 57.9 Å². The number of aliphatic imine (C=N–C) groups is 1. The van der Waals surface area contributed by atoms with Crippen molar-refractivity contribution in [2.45, 2.75) is 13.8 Å². The van der Waals surface area contributed by atoms with Crippen LogP contribution in [0.4, 0.5) is 5.69 Å². The minimum Gasteiger partial charge on any atom is -0.368 e. The Morgan fingerprint density at radius 1 is 1.03 bits per heavy atom. The zero-order chi connectivity index (χ0) is 20.7. The molecule has 0 unspecified atom stereocenters. The Labute approximate surface area is 178 Å². The number of likely N-dealkylation sites (N-methyl/N-ethyl adjacent to an activating group) is 1. The maximum Gasteiger partial charge on any atom is 0.139 e. The Hall–Kier alpha value is -2.93. The first-order chi connectivity index (χ1) is 14.7. The van der Waals surface area contributed by atoms with Crippen molar-refractivity contribution in [2.24, 2.45) is 4.99 Å². The first-order valence-electron chi connectivity index (χ1n) is 10.8. The van der Waals surface area contributed by atoms with Crippen molar-refractivity contribution in [3.05, 3.63) is 65.0 Å². The van der Waals surface area contributed by atoms with Crippen LogP contribution in [-0.4, -0.2) is 79.0 Å². The monoisotopic (exact) mass is 406 g/mol. The zero-order valence-corrected chi connectivity index (χ0v) is 18.1. The molecule has 1 aromatic carbocycles. The van der Waals surface area contributed by atoms with Gasteiger partial charge in [-0.25, -0.2) is 10.1 Å². The molecule has 4 aliphatic rings. The van der Waals surface area contributed by atoms with Crippen molar-refractivity contribution in [1.82, 2.24) is 19.8 Å². The van der Waals surface area contributed by atoms with Crippen molar-refractivity contribution < 1.29 is 4.84 Å². The van der Waals surface area contributed by atoms with Crippen molar-refractivity contribution in [1.29, 1.82) is 0 Å². The summed E-state index contributed by atoms with van der Waals surface area (Å²) >= 11 is 0. The van der Waals surface area contributed by atoms with Crippen LogP contribution in [0.5, 0.6) is 0 Å². The Bertz CT molecular complexity index is 926. The number of rotatable bonds is 4. The first-order valence-corrected chi connectivity index (χ1v) is 10.8. The number of para-hydroxylation sites is 1. The second kappa shape index (κ2) is 7.72. The van der Waals surface area contributed by atoms with Gasteiger partial charge in [0.2, 0.25) is 0 Å². The smallest absolute Gasteiger partial charge is 0.139 e. The van der Waals surface area contributed by atoms with E-state index in [0.717, 1.165) is 50.7 Å². The van der Waals surface area contributed by atoms with E-state index in [1.807, 2.05) is 17.5 Å². The molecular weight excluding hydrogens is 376 g/mol. The number of benzene rings is 1. The largest absolute Gasteiger partial charge is 0.368 e. The van der Waals surface area contributed by atoms with E-state index in [-0.39, 0.29) is 0 Å². The van der Waals surface area contributed by atoms with E-state index < -0.39 is 0 Å². The predicted molar refractivity (Wildman–Crippen MR) is 119 cm³/mol. The molecule has 0 saturated carbocycles. The maximum absolute atomic E-state index is 5.45. The van der Waals surface area contributed by atoms with Gasteiger partial charge in [0, 0.05) is 45.0 Å². The standard InChI is InChI=1S/C23H30N6O/c1-4-25-15-18(2)22(21-23(25)29-17-28(30-3)16-20(29)14-24-21)27-12-10-26(11-13-27)19-8-6-5-7-9-19/h5-9,14,16H,4,10-13,15,17H2,1-3H3. The van der Waals surface area contributed by atoms with Gasteiger partial charge < -0.3 is 19.6 Å². The molecule has 1 saturated heterocycles. The highest BCUT2D eigenvalue weighted by Gasteiger charge is 2.37. The summed E-state index contributed by atoms with van der Waals surface area (Å²) in [5.41, 5.74) is 6.21. The Morgan fingerprint density at radius 3 is 2.47 bits per heavy atom. The Kier molecular flexibility index (Phi) is 4.90. The van der Waals surface area contributed by atoms with Crippen LogP contribution in [-0.2, 0) is 4.84 Å². The second-order valence-corrected chi connectivity index (χ2v) is 8.11. The lowest BCUT2D eigenvalue weighted by atomic mass is 10.0. The van der Waals surface area contributed by atoms with Crippen LogP contribution >= 0.6 is 0 Å². The lowest BCUT2D eigenvalue weighted by Gasteiger charge is -2.45. The summed E-state index contributed by atoms with van der Waals surface area (Å²) in [6, 6.07) is 10.7. The topological polar surface area (TPSA) is 37.8 Å². The van der Waals surface area contributed by atoms with E-state index in [1.165, 1.54) is 22.8 Å². The number of nitrogens with zero attached hydrogens (tertiary/aromatic N) is 6. The zero-order valence-electron chi connectivity index (χ0n) is 18.1. The molecule has 7 heteroatoms. The van der Waals surface area contributed by atoms with E-state index in [9.17, 15) is 0 Å². The van der Waals surface area contributed by atoms with Crippen LogP contribution in [0.1, 0.15) is 13.8 Å². The molecule has 0 bridgehead atoms. The molecule has 1 fully saturated rings. The average Bonchev–Trinajstić information content (AvgIpc) is 3.23. The number of anilines is 1. The van der Waals surface area contributed by atoms with Gasteiger partial charge in [0.15, 0.2) is 0 Å². The van der Waals surface area contributed by atoms with Gasteiger partial charge >= 0.3 is 0 Å². The molecule has 4 heterocycles. The SMILES string of the molecule is CCN1CC(C)=C(N2CCN(c3ccccc3)CC2)C2=C1N1CN(OC)C=C1C=N2. The number of hydroxylamine groups is 2. The highest BCUT2D eigenvalue weighted by atomic mass is 16.7. The number of fused-ring (bicyclic) bond motifs is 2. The molecule has 158 valence electrons. The molecule has 0 aromatic heterocycles. The van der Waals surface area contributed by atoms with E-state index in [1.54, 1.807) is 7.11 Å². The van der Waals surface area contributed by atoms with Gasteiger partial charge in [-0.15, -0.1) is 0 Å². The van der Waals surface area contributed by atoms with Crippen molar-refractivity contribution in [3.63, 3.8) is 0 Å². The van der Waals surface area contributed by atoms with Gasteiger partial charge in [-0.3, -0.25) is 4.84 Å². The van der Waals surface area contributed by atoms with Crippen molar-refractivity contribution >= 4 is 11.9 Å². The fourth-order valence-corrected chi connectivity index (χ4v) is 4.83. The van der Waals surface area contributed by atoms with Crippen LogP contribution in [0.3, 0.4) is 0 Å². The van der Waals surface area contributed by atoms with E-state index in [4.69, 9.17) is 9.83 Å². The number of hydrogen-bond acceptors (Lipinski definition) is 7. The van der Waals surface area contributed by atoms with Crippen LogP contribution in [0, 0.1) is 0 Å². The molecule has 30 heavy (non-hydrogen) atoms. The molecule has 0 spiro atoms. The second-order valence-electron chi connectivity index (χ2n) is 8.11. The molecule has 7 nitrogen and oxygen atoms in total. The van der Waals surface area contributed by atoms with Crippen LogP contribution in [0.15, 0.2) is 70.0 Å². The summed E-state index contributed by atoms with van der Waals surface area (Å²) in [5.74, 6) is 1.21.